The van der Waals surface area contributed by atoms with Gasteiger partial charge in [0.25, 0.3) is 0 Å². The van der Waals surface area contributed by atoms with Crippen LogP contribution in [-0.2, 0) is 28.7 Å². The minimum Gasteiger partial charge on any atom is -0.463 e. The van der Waals surface area contributed by atoms with Gasteiger partial charge in [-0.2, -0.15) is 0 Å². The van der Waals surface area contributed by atoms with E-state index in [1.54, 1.807) is 0 Å². The van der Waals surface area contributed by atoms with E-state index >= 15 is 0 Å². The SMILES string of the molecule is O=C(CCCCCO)OCCOCCOC(=O)CCCCCOO. The van der Waals surface area contributed by atoms with Crippen molar-refractivity contribution in [3.8, 4) is 0 Å². The summed E-state index contributed by atoms with van der Waals surface area (Å²) in [6, 6.07) is 0. The van der Waals surface area contributed by atoms with Crippen LogP contribution < -0.4 is 0 Å². The van der Waals surface area contributed by atoms with Crippen LogP contribution in [0.25, 0.3) is 0 Å². The second-order valence-corrected chi connectivity index (χ2v) is 5.23. The summed E-state index contributed by atoms with van der Waals surface area (Å²) in [5.74, 6) is -0.549. The molecule has 0 aliphatic rings. The molecule has 0 unspecified atom stereocenters. The summed E-state index contributed by atoms with van der Waals surface area (Å²) in [6.45, 7) is 1.30. The fourth-order valence-corrected chi connectivity index (χ4v) is 1.85. The molecule has 0 spiro atoms. The molecule has 0 aromatic heterocycles. The van der Waals surface area contributed by atoms with Crippen molar-refractivity contribution in [1.29, 1.82) is 0 Å². The second kappa shape index (κ2) is 18.1. The Kier molecular flexibility index (Phi) is 17.2. The molecule has 0 radical (unpaired) electrons. The second-order valence-electron chi connectivity index (χ2n) is 5.23. The van der Waals surface area contributed by atoms with Crippen LogP contribution in [0.15, 0.2) is 0 Å². The summed E-state index contributed by atoms with van der Waals surface area (Å²) in [7, 11) is 0. The quantitative estimate of drug-likeness (QED) is 0.176. The van der Waals surface area contributed by atoms with Gasteiger partial charge in [0.1, 0.15) is 13.2 Å². The Balaban J connectivity index is 3.26. The average molecular weight is 350 g/mol. The largest absolute Gasteiger partial charge is 0.463 e. The summed E-state index contributed by atoms with van der Waals surface area (Å²) in [5.41, 5.74) is 0. The van der Waals surface area contributed by atoms with E-state index < -0.39 is 0 Å². The Morgan fingerprint density at radius 2 is 1.21 bits per heavy atom. The first kappa shape index (κ1) is 22.8. The summed E-state index contributed by atoms with van der Waals surface area (Å²) in [5, 5.41) is 16.7. The normalized spacial score (nSPS) is 10.6. The van der Waals surface area contributed by atoms with E-state index in [1.165, 1.54) is 0 Å². The third kappa shape index (κ3) is 17.1. The van der Waals surface area contributed by atoms with Gasteiger partial charge < -0.3 is 19.3 Å². The molecule has 0 amide bonds. The first-order valence-corrected chi connectivity index (χ1v) is 8.47. The van der Waals surface area contributed by atoms with Gasteiger partial charge in [0, 0.05) is 19.4 Å². The van der Waals surface area contributed by atoms with Gasteiger partial charge in [-0.25, -0.2) is 4.89 Å². The number of hydrogen-bond donors (Lipinski definition) is 2. The Labute approximate surface area is 143 Å². The van der Waals surface area contributed by atoms with E-state index in [0.29, 0.717) is 38.5 Å². The van der Waals surface area contributed by atoms with Crippen molar-refractivity contribution in [2.45, 2.75) is 51.4 Å². The van der Waals surface area contributed by atoms with Gasteiger partial charge in [0.2, 0.25) is 0 Å². The highest BCUT2D eigenvalue weighted by Gasteiger charge is 2.04. The van der Waals surface area contributed by atoms with E-state index in [1.807, 2.05) is 0 Å². The van der Waals surface area contributed by atoms with Crippen molar-refractivity contribution in [1.82, 2.24) is 0 Å². The molecule has 0 bridgehead atoms. The lowest BCUT2D eigenvalue weighted by molar-refractivity contribution is -0.242. The molecule has 0 aromatic rings. The number of hydrogen-bond acceptors (Lipinski definition) is 8. The van der Waals surface area contributed by atoms with E-state index in [4.69, 9.17) is 24.6 Å². The molecule has 0 rings (SSSR count). The zero-order valence-electron chi connectivity index (χ0n) is 14.2. The number of carbonyl (C=O) groups is 2. The number of aliphatic hydroxyl groups is 1. The molecule has 0 aliphatic heterocycles. The van der Waals surface area contributed by atoms with Gasteiger partial charge in [0.15, 0.2) is 0 Å². The first-order valence-electron chi connectivity index (χ1n) is 8.47. The molecular weight excluding hydrogens is 320 g/mol. The predicted molar refractivity (Wildman–Crippen MR) is 85.3 cm³/mol. The van der Waals surface area contributed by atoms with Crippen LogP contribution in [-0.4, -0.2) is 61.9 Å². The monoisotopic (exact) mass is 350 g/mol. The van der Waals surface area contributed by atoms with Crippen LogP contribution in [0.4, 0.5) is 0 Å². The highest BCUT2D eigenvalue weighted by Crippen LogP contribution is 2.02. The maximum Gasteiger partial charge on any atom is 0.305 e. The van der Waals surface area contributed by atoms with Gasteiger partial charge in [-0.1, -0.05) is 12.8 Å². The first-order chi connectivity index (χ1) is 11.7. The van der Waals surface area contributed by atoms with Crippen molar-refractivity contribution in [2.24, 2.45) is 0 Å². The molecular formula is C16H30O8. The third-order valence-corrected chi connectivity index (χ3v) is 3.14. The highest BCUT2D eigenvalue weighted by molar-refractivity contribution is 5.69. The van der Waals surface area contributed by atoms with Gasteiger partial charge >= 0.3 is 11.9 Å². The molecule has 0 saturated carbocycles. The van der Waals surface area contributed by atoms with Gasteiger partial charge in [-0.15, -0.1) is 0 Å². The minimum absolute atomic E-state index is 0.145. The molecule has 24 heavy (non-hydrogen) atoms. The Bertz CT molecular complexity index is 308. The molecule has 0 saturated heterocycles. The van der Waals surface area contributed by atoms with Gasteiger partial charge in [-0.05, 0) is 25.7 Å². The average Bonchev–Trinajstić information content (AvgIpc) is 2.57. The molecule has 2 N–H and O–H groups in total. The van der Waals surface area contributed by atoms with Crippen LogP contribution in [0.1, 0.15) is 51.4 Å². The van der Waals surface area contributed by atoms with Crippen molar-refractivity contribution >= 4 is 11.9 Å². The fourth-order valence-electron chi connectivity index (χ4n) is 1.85. The lowest BCUT2D eigenvalue weighted by Gasteiger charge is -2.07. The summed E-state index contributed by atoms with van der Waals surface area (Å²) < 4.78 is 15.2. The smallest absolute Gasteiger partial charge is 0.305 e. The third-order valence-electron chi connectivity index (χ3n) is 3.14. The van der Waals surface area contributed by atoms with Crippen molar-refractivity contribution in [3.63, 3.8) is 0 Å². The number of carbonyl (C=O) groups excluding carboxylic acids is 2. The molecule has 8 heteroatoms. The van der Waals surface area contributed by atoms with Crippen LogP contribution >= 0.6 is 0 Å². The van der Waals surface area contributed by atoms with Crippen LogP contribution in [0, 0.1) is 0 Å². The van der Waals surface area contributed by atoms with E-state index in [-0.39, 0.29) is 51.6 Å². The topological polar surface area (TPSA) is 112 Å². The minimum atomic E-state index is -0.280. The lowest BCUT2D eigenvalue weighted by Crippen LogP contribution is -2.14. The maximum absolute atomic E-state index is 11.4. The van der Waals surface area contributed by atoms with Gasteiger partial charge in [-0.3, -0.25) is 14.8 Å². The summed E-state index contributed by atoms with van der Waals surface area (Å²) in [4.78, 5) is 26.6. The number of aliphatic hydroxyl groups excluding tert-OH is 1. The highest BCUT2D eigenvalue weighted by atomic mass is 17.1. The number of unbranched alkanes of at least 4 members (excludes halogenated alkanes) is 4. The number of rotatable bonds is 17. The lowest BCUT2D eigenvalue weighted by atomic mass is 10.2. The Morgan fingerprint density at radius 3 is 1.71 bits per heavy atom. The fraction of sp³-hybridized carbons (Fsp3) is 0.875. The van der Waals surface area contributed by atoms with E-state index in [2.05, 4.69) is 4.89 Å². The van der Waals surface area contributed by atoms with Gasteiger partial charge in [0.05, 0.1) is 19.8 Å². The van der Waals surface area contributed by atoms with Crippen molar-refractivity contribution in [2.75, 3.05) is 39.6 Å². The van der Waals surface area contributed by atoms with E-state index in [0.717, 1.165) is 12.8 Å². The van der Waals surface area contributed by atoms with Crippen LogP contribution in [0.5, 0.6) is 0 Å². The maximum atomic E-state index is 11.4. The molecule has 8 nitrogen and oxygen atoms in total. The van der Waals surface area contributed by atoms with E-state index in [9.17, 15) is 9.59 Å². The summed E-state index contributed by atoms with van der Waals surface area (Å²) >= 11 is 0. The predicted octanol–water partition coefficient (Wildman–Crippen LogP) is 1.69. The molecule has 0 atom stereocenters. The van der Waals surface area contributed by atoms with Crippen molar-refractivity contribution in [3.05, 3.63) is 0 Å². The Morgan fingerprint density at radius 1 is 0.667 bits per heavy atom. The molecule has 0 heterocycles. The molecule has 0 fully saturated rings. The zero-order chi connectivity index (χ0) is 17.9. The number of esters is 2. The Hall–Kier alpha value is -1.22. The summed E-state index contributed by atoms with van der Waals surface area (Å²) in [6.07, 6.45) is 5.08. The van der Waals surface area contributed by atoms with Crippen LogP contribution in [0.2, 0.25) is 0 Å². The molecule has 142 valence electrons. The van der Waals surface area contributed by atoms with Crippen LogP contribution in [0.3, 0.4) is 0 Å². The number of ether oxygens (including phenoxy) is 3. The zero-order valence-corrected chi connectivity index (χ0v) is 14.2. The van der Waals surface area contributed by atoms with Crippen molar-refractivity contribution < 1.29 is 39.1 Å². The molecule has 0 aromatic carbocycles. The standard InChI is InChI=1S/C16H30O8/c17-9-5-1-3-7-15(18)22-13-11-21-12-14-23-16(19)8-4-2-6-10-24-20/h17,20H,1-14H2. The molecule has 0 aliphatic carbocycles.